The minimum atomic E-state index is -0.687. The molecule has 0 N–H and O–H groups in total. The van der Waals surface area contributed by atoms with Crippen LogP contribution in [0.1, 0.15) is 43.5 Å². The van der Waals surface area contributed by atoms with Crippen LogP contribution in [0, 0.1) is 0 Å². The van der Waals surface area contributed by atoms with E-state index in [1.807, 2.05) is 79.7 Å². The van der Waals surface area contributed by atoms with Gasteiger partial charge in [0, 0.05) is 5.02 Å². The average Bonchev–Trinajstić information content (AvgIpc) is 3.27. The van der Waals surface area contributed by atoms with Gasteiger partial charge in [-0.05, 0) is 95.9 Å². The Balaban J connectivity index is 1.51. The maximum atomic E-state index is 13.9. The summed E-state index contributed by atoms with van der Waals surface area (Å²) in [6, 6.07) is 19.8. The summed E-state index contributed by atoms with van der Waals surface area (Å²) in [5, 5.41) is 0.674. The quantitative estimate of drug-likeness (QED) is 0.199. The van der Waals surface area contributed by atoms with Crippen molar-refractivity contribution in [2.24, 2.45) is 4.99 Å². The highest BCUT2D eigenvalue weighted by Gasteiger charge is 2.33. The minimum absolute atomic E-state index is 0.213. The summed E-state index contributed by atoms with van der Waals surface area (Å²) in [5.74, 6) is 0.886. The van der Waals surface area contributed by atoms with E-state index < -0.39 is 12.0 Å². The number of hydrogen-bond donors (Lipinski definition) is 0. The number of carbonyl (C=O) groups is 1. The maximum Gasteiger partial charge on any atom is 0.338 e. The SMILES string of the molecule is CCOC(=O)C1=C(C)N=c2s/c(=C\c3ccc(OCc4ccc(Cl)cc4)c(Br)c3)c(=O)n2[C@H]1c1ccc(OCC)cc1. The highest BCUT2D eigenvalue weighted by atomic mass is 79.9. The highest BCUT2D eigenvalue weighted by Crippen LogP contribution is 2.32. The fraction of sp³-hybridized carbons (Fsp3) is 0.219. The Labute approximate surface area is 260 Å². The lowest BCUT2D eigenvalue weighted by Crippen LogP contribution is -2.39. The number of benzene rings is 3. The average molecular weight is 668 g/mol. The first kappa shape index (κ1) is 29.8. The van der Waals surface area contributed by atoms with Gasteiger partial charge in [-0.3, -0.25) is 9.36 Å². The Bertz CT molecular complexity index is 1830. The third-order valence-electron chi connectivity index (χ3n) is 6.59. The van der Waals surface area contributed by atoms with E-state index in [1.54, 1.807) is 18.4 Å². The van der Waals surface area contributed by atoms with E-state index in [2.05, 4.69) is 20.9 Å². The van der Waals surface area contributed by atoms with Crippen LogP contribution in [0.4, 0.5) is 0 Å². The molecule has 0 radical (unpaired) electrons. The zero-order valence-corrected chi connectivity index (χ0v) is 26.4. The molecule has 42 heavy (non-hydrogen) atoms. The molecule has 1 aliphatic heterocycles. The van der Waals surface area contributed by atoms with E-state index in [0.29, 0.717) is 50.3 Å². The second-order valence-corrected chi connectivity index (χ2v) is 11.7. The van der Waals surface area contributed by atoms with Gasteiger partial charge in [0.15, 0.2) is 4.80 Å². The first-order valence-electron chi connectivity index (χ1n) is 13.4. The van der Waals surface area contributed by atoms with Gasteiger partial charge in [-0.1, -0.05) is 53.3 Å². The molecule has 0 aliphatic carbocycles. The monoisotopic (exact) mass is 666 g/mol. The van der Waals surface area contributed by atoms with E-state index in [-0.39, 0.29) is 12.2 Å². The van der Waals surface area contributed by atoms with Crippen molar-refractivity contribution in [3.05, 3.63) is 124 Å². The molecule has 2 heterocycles. The topological polar surface area (TPSA) is 79.1 Å². The number of halogens is 2. The summed E-state index contributed by atoms with van der Waals surface area (Å²) in [7, 11) is 0. The summed E-state index contributed by atoms with van der Waals surface area (Å²) in [6.45, 7) is 6.57. The molecule has 5 rings (SSSR count). The van der Waals surface area contributed by atoms with Gasteiger partial charge in [-0.15, -0.1) is 0 Å². The smallest absolute Gasteiger partial charge is 0.338 e. The fourth-order valence-corrected chi connectivity index (χ4v) is 6.32. The van der Waals surface area contributed by atoms with Gasteiger partial charge in [0.2, 0.25) is 0 Å². The lowest BCUT2D eigenvalue weighted by atomic mass is 9.96. The van der Waals surface area contributed by atoms with Crippen molar-refractivity contribution in [1.29, 1.82) is 0 Å². The molecule has 3 aromatic carbocycles. The molecule has 0 fully saturated rings. The second kappa shape index (κ2) is 13.1. The molecule has 216 valence electrons. The number of aromatic nitrogens is 1. The van der Waals surface area contributed by atoms with Crippen LogP contribution in [-0.4, -0.2) is 23.8 Å². The Morgan fingerprint density at radius 1 is 1.05 bits per heavy atom. The number of thiazole rings is 1. The summed E-state index contributed by atoms with van der Waals surface area (Å²) in [5.41, 5.74) is 3.18. The number of nitrogens with zero attached hydrogens (tertiary/aromatic N) is 2. The number of hydrogen-bond acceptors (Lipinski definition) is 7. The van der Waals surface area contributed by atoms with Crippen molar-refractivity contribution in [1.82, 2.24) is 4.57 Å². The van der Waals surface area contributed by atoms with E-state index in [9.17, 15) is 9.59 Å². The van der Waals surface area contributed by atoms with Gasteiger partial charge in [0.1, 0.15) is 18.1 Å². The van der Waals surface area contributed by atoms with Gasteiger partial charge >= 0.3 is 5.97 Å². The maximum absolute atomic E-state index is 13.9. The number of ether oxygens (including phenoxy) is 3. The van der Waals surface area contributed by atoms with Crippen molar-refractivity contribution < 1.29 is 19.0 Å². The number of esters is 1. The molecular formula is C32H28BrClN2O5S. The van der Waals surface area contributed by atoms with Crippen LogP contribution in [0.2, 0.25) is 5.02 Å². The molecule has 4 aromatic rings. The molecule has 0 saturated carbocycles. The van der Waals surface area contributed by atoms with Gasteiger partial charge in [-0.2, -0.15) is 0 Å². The molecule has 7 nitrogen and oxygen atoms in total. The third-order valence-corrected chi connectivity index (χ3v) is 8.44. The van der Waals surface area contributed by atoms with Crippen LogP contribution >= 0.6 is 38.9 Å². The van der Waals surface area contributed by atoms with Crippen molar-refractivity contribution in [3.63, 3.8) is 0 Å². The Morgan fingerprint density at radius 2 is 1.79 bits per heavy atom. The zero-order valence-electron chi connectivity index (χ0n) is 23.2. The van der Waals surface area contributed by atoms with Crippen LogP contribution in [0.3, 0.4) is 0 Å². The van der Waals surface area contributed by atoms with E-state index in [4.69, 9.17) is 25.8 Å². The van der Waals surface area contributed by atoms with Gasteiger partial charge in [0.25, 0.3) is 5.56 Å². The number of allylic oxidation sites excluding steroid dienone is 1. The molecule has 1 atom stereocenters. The summed E-state index contributed by atoms with van der Waals surface area (Å²) < 4.78 is 19.8. The first-order valence-corrected chi connectivity index (χ1v) is 15.4. The number of fused-ring (bicyclic) bond motifs is 1. The Hall–Kier alpha value is -3.66. The number of carbonyl (C=O) groups excluding carboxylic acids is 1. The van der Waals surface area contributed by atoms with Gasteiger partial charge < -0.3 is 14.2 Å². The van der Waals surface area contributed by atoms with Gasteiger partial charge in [-0.25, -0.2) is 9.79 Å². The van der Waals surface area contributed by atoms with Crippen LogP contribution in [-0.2, 0) is 16.1 Å². The lowest BCUT2D eigenvalue weighted by molar-refractivity contribution is -0.139. The van der Waals surface area contributed by atoms with Crippen LogP contribution < -0.4 is 24.4 Å². The van der Waals surface area contributed by atoms with Crippen LogP contribution in [0.15, 0.2) is 92.3 Å². The second-order valence-electron chi connectivity index (χ2n) is 9.41. The molecule has 0 saturated heterocycles. The van der Waals surface area contributed by atoms with Crippen molar-refractivity contribution in [2.45, 2.75) is 33.4 Å². The molecule has 10 heteroatoms. The molecule has 0 spiro atoms. The molecule has 0 unspecified atom stereocenters. The van der Waals surface area contributed by atoms with Crippen molar-refractivity contribution in [2.75, 3.05) is 13.2 Å². The molecule has 1 aliphatic rings. The lowest BCUT2D eigenvalue weighted by Gasteiger charge is -2.24. The predicted molar refractivity (Wildman–Crippen MR) is 168 cm³/mol. The molecular weight excluding hydrogens is 640 g/mol. The molecule has 0 amide bonds. The highest BCUT2D eigenvalue weighted by molar-refractivity contribution is 9.10. The first-order chi connectivity index (χ1) is 20.3. The molecule has 0 bridgehead atoms. The Morgan fingerprint density at radius 3 is 2.45 bits per heavy atom. The fourth-order valence-electron chi connectivity index (χ4n) is 4.64. The van der Waals surface area contributed by atoms with Crippen LogP contribution in [0.25, 0.3) is 6.08 Å². The third kappa shape index (κ3) is 6.38. The predicted octanol–water partition coefficient (Wildman–Crippen LogP) is 6.19. The van der Waals surface area contributed by atoms with E-state index >= 15 is 0 Å². The van der Waals surface area contributed by atoms with Gasteiger partial charge in [0.05, 0.1) is 39.5 Å². The van der Waals surface area contributed by atoms with E-state index in [1.165, 1.54) is 11.3 Å². The standard InChI is InChI=1S/C32H28BrClN2O5S/c1-4-39-24-13-9-22(10-14-24)29-28(31(38)40-5-2)19(3)35-32-36(29)30(37)27(42-32)17-21-8-15-26(25(33)16-21)41-18-20-6-11-23(34)12-7-20/h6-17,29H,4-5,18H2,1-3H3/b27-17-/t29-/m0/s1. The zero-order chi connectivity index (χ0) is 29.8. The summed E-state index contributed by atoms with van der Waals surface area (Å²) in [4.78, 5) is 32.1. The number of rotatable bonds is 9. The molecule has 1 aromatic heterocycles. The summed E-state index contributed by atoms with van der Waals surface area (Å²) >= 11 is 10.8. The minimum Gasteiger partial charge on any atom is -0.494 e. The largest absolute Gasteiger partial charge is 0.494 e. The van der Waals surface area contributed by atoms with E-state index in [0.717, 1.165) is 21.2 Å². The Kier molecular flexibility index (Phi) is 9.30. The van der Waals surface area contributed by atoms with Crippen LogP contribution in [0.5, 0.6) is 11.5 Å². The normalized spacial score (nSPS) is 14.8. The van der Waals surface area contributed by atoms with Crippen molar-refractivity contribution >= 4 is 50.9 Å². The summed E-state index contributed by atoms with van der Waals surface area (Å²) in [6.07, 6.45) is 1.82. The van der Waals surface area contributed by atoms with Crippen molar-refractivity contribution in [3.8, 4) is 11.5 Å².